The molecule has 0 aliphatic heterocycles. The zero-order valence-electron chi connectivity index (χ0n) is 21.1. The van der Waals surface area contributed by atoms with Gasteiger partial charge in [0.2, 0.25) is 0 Å². The number of hydrogen-bond acceptors (Lipinski definition) is 7. The summed E-state index contributed by atoms with van der Waals surface area (Å²) in [5, 5.41) is 10.1. The first-order valence-electron chi connectivity index (χ1n) is 12.3. The van der Waals surface area contributed by atoms with E-state index in [4.69, 9.17) is 16.3 Å². The third kappa shape index (κ3) is 6.17. The number of sulfone groups is 1. The number of methoxy groups -OCH3 is 1. The largest absolute Gasteiger partial charge is 0.496 e. The quantitative estimate of drug-likeness (QED) is 0.474. The van der Waals surface area contributed by atoms with Crippen molar-refractivity contribution < 1.29 is 26.7 Å². The van der Waals surface area contributed by atoms with Crippen molar-refractivity contribution in [3.05, 3.63) is 23.0 Å². The number of ether oxygens (including phenoxy) is 1. The molecule has 204 valence electrons. The van der Waals surface area contributed by atoms with Crippen molar-refractivity contribution in [1.29, 1.82) is 0 Å². The summed E-state index contributed by atoms with van der Waals surface area (Å²) in [6.45, 7) is 2.70. The molecule has 0 aromatic carbocycles. The standard InChI is InChI=1S/C24H32ClF2N5O4S/c1-4-32-22(17-13-28-19(9-18(17)36-2)30-15-10-24(26,27)11-15)20(25)21(31-32)23(33)29-12-14-5-7-16(8-6-14)37(3,34)35/h9,13-16H,4-8,10-12H2,1-3H3,(H,28,30)(H,29,33). The number of nitrogens with zero attached hydrogens (tertiary/aromatic N) is 3. The predicted octanol–water partition coefficient (Wildman–Crippen LogP) is 4.17. The van der Waals surface area contributed by atoms with Crippen molar-refractivity contribution in [2.45, 2.75) is 69.2 Å². The Kier molecular flexibility index (Phi) is 7.99. The van der Waals surface area contributed by atoms with Gasteiger partial charge in [-0.2, -0.15) is 5.10 Å². The Hall–Kier alpha value is -2.47. The Morgan fingerprint density at radius 3 is 2.51 bits per heavy atom. The first-order chi connectivity index (χ1) is 17.4. The first kappa shape index (κ1) is 27.6. The van der Waals surface area contributed by atoms with Crippen LogP contribution in [-0.4, -0.2) is 66.2 Å². The van der Waals surface area contributed by atoms with E-state index in [1.54, 1.807) is 10.7 Å². The monoisotopic (exact) mass is 559 g/mol. The second kappa shape index (κ2) is 10.7. The van der Waals surface area contributed by atoms with Crippen molar-refractivity contribution in [2.24, 2.45) is 5.92 Å². The van der Waals surface area contributed by atoms with Crippen LogP contribution in [0.15, 0.2) is 12.3 Å². The van der Waals surface area contributed by atoms with Gasteiger partial charge in [0.15, 0.2) is 5.69 Å². The topological polar surface area (TPSA) is 115 Å². The molecule has 2 heterocycles. The van der Waals surface area contributed by atoms with Crippen LogP contribution in [0.4, 0.5) is 14.6 Å². The van der Waals surface area contributed by atoms with Crippen molar-refractivity contribution in [3.63, 3.8) is 0 Å². The van der Waals surface area contributed by atoms with Crippen LogP contribution in [0, 0.1) is 5.92 Å². The number of rotatable bonds is 9. The van der Waals surface area contributed by atoms with Crippen LogP contribution in [0.1, 0.15) is 55.9 Å². The number of amides is 1. The van der Waals surface area contributed by atoms with Gasteiger partial charge in [-0.1, -0.05) is 11.6 Å². The normalized spacial score (nSPS) is 21.8. The number of aryl methyl sites for hydroxylation is 1. The lowest BCUT2D eigenvalue weighted by atomic mass is 9.88. The van der Waals surface area contributed by atoms with Crippen molar-refractivity contribution >= 4 is 33.2 Å². The summed E-state index contributed by atoms with van der Waals surface area (Å²) in [6, 6.07) is 1.25. The molecule has 2 aliphatic carbocycles. The highest BCUT2D eigenvalue weighted by molar-refractivity contribution is 7.91. The van der Waals surface area contributed by atoms with Gasteiger partial charge in [-0.3, -0.25) is 9.48 Å². The lowest BCUT2D eigenvalue weighted by Crippen LogP contribution is -2.44. The van der Waals surface area contributed by atoms with E-state index in [0.29, 0.717) is 48.8 Å². The average molecular weight is 560 g/mol. The SMILES string of the molecule is CCn1nc(C(=O)NCC2CCC(S(C)(=O)=O)CC2)c(Cl)c1-c1cnc(NC2CC(F)(F)C2)cc1OC. The zero-order valence-corrected chi connectivity index (χ0v) is 22.6. The average Bonchev–Trinajstić information content (AvgIpc) is 3.17. The van der Waals surface area contributed by atoms with Gasteiger partial charge in [0.1, 0.15) is 21.4 Å². The van der Waals surface area contributed by atoms with Gasteiger partial charge >= 0.3 is 0 Å². The number of anilines is 1. The molecular weight excluding hydrogens is 528 g/mol. The van der Waals surface area contributed by atoms with Crippen LogP contribution in [0.2, 0.25) is 5.02 Å². The van der Waals surface area contributed by atoms with Crippen LogP contribution < -0.4 is 15.4 Å². The smallest absolute Gasteiger partial charge is 0.273 e. The molecule has 37 heavy (non-hydrogen) atoms. The number of nitrogens with one attached hydrogen (secondary N) is 2. The summed E-state index contributed by atoms with van der Waals surface area (Å²) in [4.78, 5) is 17.3. The second-order valence-corrected chi connectivity index (χ2v) is 12.6. The highest BCUT2D eigenvalue weighted by atomic mass is 35.5. The van der Waals surface area contributed by atoms with Gasteiger partial charge in [0.05, 0.1) is 28.6 Å². The van der Waals surface area contributed by atoms with Gasteiger partial charge in [0.25, 0.3) is 11.8 Å². The maximum atomic E-state index is 13.2. The van der Waals surface area contributed by atoms with Gasteiger partial charge in [-0.15, -0.1) is 0 Å². The van der Waals surface area contributed by atoms with E-state index >= 15 is 0 Å². The molecule has 2 fully saturated rings. The Morgan fingerprint density at radius 1 is 1.27 bits per heavy atom. The van der Waals surface area contributed by atoms with E-state index < -0.39 is 21.7 Å². The summed E-state index contributed by atoms with van der Waals surface area (Å²) in [5.41, 5.74) is 1.06. The molecule has 9 nitrogen and oxygen atoms in total. The highest BCUT2D eigenvalue weighted by Crippen LogP contribution is 2.41. The number of hydrogen-bond donors (Lipinski definition) is 2. The lowest BCUT2D eigenvalue weighted by molar-refractivity contribution is -0.0794. The number of carbonyl (C=O) groups is 1. The maximum Gasteiger partial charge on any atom is 0.273 e. The number of aromatic nitrogens is 3. The minimum absolute atomic E-state index is 0.0734. The molecule has 0 spiro atoms. The fraction of sp³-hybridized carbons (Fsp3) is 0.625. The Balaban J connectivity index is 1.47. The molecule has 1 amide bonds. The number of carbonyl (C=O) groups excluding carboxylic acids is 1. The molecule has 2 aromatic rings. The lowest BCUT2D eigenvalue weighted by Gasteiger charge is -2.35. The molecule has 2 aliphatic rings. The van der Waals surface area contributed by atoms with Gasteiger partial charge < -0.3 is 15.4 Å². The van der Waals surface area contributed by atoms with E-state index in [9.17, 15) is 22.0 Å². The minimum Gasteiger partial charge on any atom is -0.496 e. The van der Waals surface area contributed by atoms with Gasteiger partial charge in [-0.05, 0) is 38.5 Å². The Labute approximate surface area is 220 Å². The zero-order chi connectivity index (χ0) is 27.0. The molecular formula is C24H32ClF2N5O4S. The summed E-state index contributed by atoms with van der Waals surface area (Å²) in [6.07, 6.45) is 4.94. The molecule has 13 heteroatoms. The Morgan fingerprint density at radius 2 is 1.95 bits per heavy atom. The molecule has 0 atom stereocenters. The number of pyridine rings is 1. The van der Waals surface area contributed by atoms with E-state index in [2.05, 4.69) is 20.7 Å². The summed E-state index contributed by atoms with van der Waals surface area (Å²) in [5.74, 6) is -2.05. The van der Waals surface area contributed by atoms with Crippen molar-refractivity contribution in [1.82, 2.24) is 20.1 Å². The van der Waals surface area contributed by atoms with Gasteiger partial charge in [-0.25, -0.2) is 22.2 Å². The second-order valence-electron chi connectivity index (χ2n) is 9.88. The molecule has 0 radical (unpaired) electrons. The van der Waals surface area contributed by atoms with Crippen LogP contribution >= 0.6 is 11.6 Å². The molecule has 0 bridgehead atoms. The van der Waals surface area contributed by atoms with E-state index in [1.807, 2.05) is 6.92 Å². The predicted molar refractivity (Wildman–Crippen MR) is 137 cm³/mol. The van der Waals surface area contributed by atoms with Crippen LogP contribution in [0.3, 0.4) is 0 Å². The molecule has 4 rings (SSSR count). The van der Waals surface area contributed by atoms with Crippen molar-refractivity contribution in [3.8, 4) is 17.0 Å². The summed E-state index contributed by atoms with van der Waals surface area (Å²) < 4.78 is 57.0. The van der Waals surface area contributed by atoms with Crippen LogP contribution in [-0.2, 0) is 16.4 Å². The number of halogens is 3. The molecule has 0 saturated heterocycles. The van der Waals surface area contributed by atoms with E-state index in [0.717, 1.165) is 12.8 Å². The maximum absolute atomic E-state index is 13.2. The Bertz CT molecular complexity index is 1250. The van der Waals surface area contributed by atoms with E-state index in [1.165, 1.54) is 19.6 Å². The fourth-order valence-electron chi connectivity index (χ4n) is 4.99. The fourth-order valence-corrected chi connectivity index (χ4v) is 6.44. The third-order valence-electron chi connectivity index (χ3n) is 7.14. The highest BCUT2D eigenvalue weighted by Gasteiger charge is 2.45. The van der Waals surface area contributed by atoms with Gasteiger partial charge in [0, 0.05) is 50.5 Å². The molecule has 2 aromatic heterocycles. The first-order valence-corrected chi connectivity index (χ1v) is 14.7. The number of alkyl halides is 2. The molecule has 2 saturated carbocycles. The van der Waals surface area contributed by atoms with E-state index in [-0.39, 0.29) is 40.8 Å². The minimum atomic E-state index is -3.05. The van der Waals surface area contributed by atoms with Crippen LogP contribution in [0.25, 0.3) is 11.3 Å². The summed E-state index contributed by atoms with van der Waals surface area (Å²) >= 11 is 6.65. The third-order valence-corrected chi connectivity index (χ3v) is 9.18. The van der Waals surface area contributed by atoms with Crippen molar-refractivity contribution in [2.75, 3.05) is 25.2 Å². The summed E-state index contributed by atoms with van der Waals surface area (Å²) in [7, 11) is -1.57. The van der Waals surface area contributed by atoms with Crippen LogP contribution in [0.5, 0.6) is 5.75 Å². The molecule has 2 N–H and O–H groups in total. The molecule has 0 unspecified atom stereocenters.